The molecule has 0 spiro atoms. The molecule has 0 saturated heterocycles. The molecule has 5 nitrogen and oxygen atoms in total. The van der Waals surface area contributed by atoms with Crippen molar-refractivity contribution in [2.45, 2.75) is 26.5 Å². The predicted molar refractivity (Wildman–Crippen MR) is 96.2 cm³/mol. The number of carbonyl (C=O) groups is 2. The van der Waals surface area contributed by atoms with Crippen LogP contribution in [0.4, 0.5) is 0 Å². The molecule has 0 aromatic heterocycles. The first kappa shape index (κ1) is 18.3. The zero-order chi connectivity index (χ0) is 18.2. The van der Waals surface area contributed by atoms with E-state index >= 15 is 0 Å². The molecule has 2 rings (SSSR count). The number of carboxylic acid groups (broad SMARTS) is 1. The summed E-state index contributed by atoms with van der Waals surface area (Å²) >= 11 is 0. The molecular weight excluding hydrogens is 318 g/mol. The van der Waals surface area contributed by atoms with E-state index in [9.17, 15) is 9.59 Å². The molecule has 5 heteroatoms. The lowest BCUT2D eigenvalue weighted by atomic mass is 10.1. The van der Waals surface area contributed by atoms with Crippen molar-refractivity contribution >= 4 is 18.0 Å². The van der Waals surface area contributed by atoms with Gasteiger partial charge >= 0.3 is 5.97 Å². The molecule has 1 atom stereocenters. The quantitative estimate of drug-likeness (QED) is 0.760. The maximum Gasteiger partial charge on any atom is 0.325 e. The molecule has 130 valence electrons. The van der Waals surface area contributed by atoms with Crippen molar-refractivity contribution in [1.29, 1.82) is 0 Å². The van der Waals surface area contributed by atoms with Gasteiger partial charge in [-0.2, -0.15) is 0 Å². The van der Waals surface area contributed by atoms with Crippen LogP contribution in [-0.2, 0) is 16.2 Å². The fourth-order valence-electron chi connectivity index (χ4n) is 2.02. The third-order valence-corrected chi connectivity index (χ3v) is 3.56. The van der Waals surface area contributed by atoms with Crippen LogP contribution in [0.2, 0.25) is 0 Å². The smallest absolute Gasteiger partial charge is 0.325 e. The molecule has 2 aromatic rings. The summed E-state index contributed by atoms with van der Waals surface area (Å²) in [6.07, 6.45) is 2.93. The van der Waals surface area contributed by atoms with Crippen molar-refractivity contribution in [2.24, 2.45) is 0 Å². The Morgan fingerprint density at radius 3 is 2.36 bits per heavy atom. The van der Waals surface area contributed by atoms with E-state index in [0.29, 0.717) is 6.61 Å². The van der Waals surface area contributed by atoms with E-state index in [2.05, 4.69) is 5.32 Å². The fourth-order valence-corrected chi connectivity index (χ4v) is 2.02. The van der Waals surface area contributed by atoms with Gasteiger partial charge in [0.2, 0.25) is 5.91 Å². The monoisotopic (exact) mass is 339 g/mol. The first-order valence-electron chi connectivity index (χ1n) is 7.94. The minimum absolute atomic E-state index is 0.449. The average molecular weight is 339 g/mol. The van der Waals surface area contributed by atoms with Crippen LogP contribution >= 0.6 is 0 Å². The summed E-state index contributed by atoms with van der Waals surface area (Å²) in [6.45, 7) is 3.94. The number of hydrogen-bond acceptors (Lipinski definition) is 3. The second kappa shape index (κ2) is 8.68. The molecule has 0 fully saturated rings. The lowest BCUT2D eigenvalue weighted by Crippen LogP contribution is -2.37. The van der Waals surface area contributed by atoms with E-state index in [-0.39, 0.29) is 0 Å². The molecule has 0 bridgehead atoms. The van der Waals surface area contributed by atoms with Crippen molar-refractivity contribution in [3.8, 4) is 5.75 Å². The van der Waals surface area contributed by atoms with Crippen LogP contribution in [0.1, 0.15) is 23.6 Å². The highest BCUT2D eigenvalue weighted by atomic mass is 16.5. The number of amides is 1. The van der Waals surface area contributed by atoms with Gasteiger partial charge in [0.25, 0.3) is 0 Å². The van der Waals surface area contributed by atoms with Crippen LogP contribution < -0.4 is 10.1 Å². The Morgan fingerprint density at radius 1 is 1.12 bits per heavy atom. The Morgan fingerprint density at radius 2 is 1.76 bits per heavy atom. The maximum absolute atomic E-state index is 11.6. The molecule has 0 aliphatic carbocycles. The molecule has 0 aliphatic heterocycles. The third-order valence-electron chi connectivity index (χ3n) is 3.56. The van der Waals surface area contributed by atoms with Crippen molar-refractivity contribution in [3.63, 3.8) is 0 Å². The van der Waals surface area contributed by atoms with Gasteiger partial charge in [-0.15, -0.1) is 0 Å². The Balaban J connectivity index is 1.86. The number of ether oxygens (including phenoxy) is 1. The Hall–Kier alpha value is -3.08. The first-order chi connectivity index (χ1) is 11.9. The summed E-state index contributed by atoms with van der Waals surface area (Å²) in [7, 11) is 0. The number of nitrogens with one attached hydrogen (secondary N) is 1. The SMILES string of the molecule is Cc1ccc(COc2ccc(/C=C/C(=O)N[C@H](C)C(=O)O)cc2)cc1. The molecule has 2 N–H and O–H groups in total. The largest absolute Gasteiger partial charge is 0.489 e. The van der Waals surface area contributed by atoms with Crippen LogP contribution in [0.3, 0.4) is 0 Å². The van der Waals surface area contributed by atoms with Crippen LogP contribution in [0.5, 0.6) is 5.75 Å². The van der Waals surface area contributed by atoms with Crippen molar-refractivity contribution in [3.05, 3.63) is 71.3 Å². The second-order valence-corrected chi connectivity index (χ2v) is 5.75. The maximum atomic E-state index is 11.6. The van der Waals surface area contributed by atoms with Crippen LogP contribution in [0.15, 0.2) is 54.6 Å². The van der Waals surface area contributed by atoms with Gasteiger partial charge in [-0.1, -0.05) is 42.0 Å². The van der Waals surface area contributed by atoms with Crippen LogP contribution in [-0.4, -0.2) is 23.0 Å². The first-order valence-corrected chi connectivity index (χ1v) is 7.94. The van der Waals surface area contributed by atoms with Gasteiger partial charge in [-0.05, 0) is 43.2 Å². The number of aliphatic carboxylic acids is 1. The minimum atomic E-state index is -1.07. The highest BCUT2D eigenvalue weighted by Gasteiger charge is 2.11. The van der Waals surface area contributed by atoms with Gasteiger partial charge in [0.15, 0.2) is 0 Å². The highest BCUT2D eigenvalue weighted by molar-refractivity contribution is 5.94. The summed E-state index contributed by atoms with van der Waals surface area (Å²) in [6, 6.07) is 14.5. The fraction of sp³-hybridized carbons (Fsp3) is 0.200. The van der Waals surface area contributed by atoms with Gasteiger partial charge in [0, 0.05) is 6.08 Å². The number of carboxylic acids is 1. The Kier molecular flexibility index (Phi) is 6.34. The standard InChI is InChI=1S/C20H21NO4/c1-14-3-5-17(6-4-14)13-25-18-10-7-16(8-11-18)9-12-19(22)21-15(2)20(23)24/h3-12,15H,13H2,1-2H3,(H,21,22)(H,23,24)/b12-9+/t15-/m1/s1. The average Bonchev–Trinajstić information content (AvgIpc) is 2.60. The molecule has 25 heavy (non-hydrogen) atoms. The number of benzene rings is 2. The topological polar surface area (TPSA) is 75.6 Å². The highest BCUT2D eigenvalue weighted by Crippen LogP contribution is 2.15. The molecule has 0 saturated carbocycles. The van der Waals surface area contributed by atoms with Gasteiger partial charge in [-0.3, -0.25) is 9.59 Å². The van der Waals surface area contributed by atoms with Gasteiger partial charge in [-0.25, -0.2) is 0 Å². The van der Waals surface area contributed by atoms with E-state index < -0.39 is 17.9 Å². The Bertz CT molecular complexity index is 748. The van der Waals surface area contributed by atoms with E-state index in [4.69, 9.17) is 9.84 Å². The predicted octanol–water partition coefficient (Wildman–Crippen LogP) is 3.18. The molecule has 0 radical (unpaired) electrons. The Labute approximate surface area is 146 Å². The lowest BCUT2D eigenvalue weighted by molar-refractivity contribution is -0.140. The lowest BCUT2D eigenvalue weighted by Gasteiger charge is -2.07. The van der Waals surface area contributed by atoms with Crippen LogP contribution in [0, 0.1) is 6.92 Å². The van der Waals surface area contributed by atoms with Gasteiger partial charge in [0.05, 0.1) is 0 Å². The minimum Gasteiger partial charge on any atom is -0.489 e. The van der Waals surface area contributed by atoms with E-state index in [1.54, 1.807) is 6.08 Å². The molecule has 0 aliphatic rings. The zero-order valence-corrected chi connectivity index (χ0v) is 14.2. The molecule has 1 amide bonds. The zero-order valence-electron chi connectivity index (χ0n) is 14.2. The van der Waals surface area contributed by atoms with Gasteiger partial charge < -0.3 is 15.2 Å². The van der Waals surface area contributed by atoms with E-state index in [1.807, 2.05) is 55.5 Å². The molecule has 0 heterocycles. The van der Waals surface area contributed by atoms with E-state index in [1.165, 1.54) is 18.6 Å². The number of carbonyl (C=O) groups excluding carboxylic acids is 1. The van der Waals surface area contributed by atoms with E-state index in [0.717, 1.165) is 16.9 Å². The third kappa shape index (κ3) is 6.14. The summed E-state index contributed by atoms with van der Waals surface area (Å²) in [4.78, 5) is 22.3. The number of aryl methyl sites for hydroxylation is 1. The van der Waals surface area contributed by atoms with Crippen molar-refractivity contribution < 1.29 is 19.4 Å². The summed E-state index contributed by atoms with van der Waals surface area (Å²) in [5.74, 6) is -0.784. The summed E-state index contributed by atoms with van der Waals surface area (Å²) < 4.78 is 5.72. The normalized spacial score (nSPS) is 11.9. The molecule has 0 unspecified atom stereocenters. The second-order valence-electron chi connectivity index (χ2n) is 5.75. The van der Waals surface area contributed by atoms with Gasteiger partial charge in [0.1, 0.15) is 18.4 Å². The van der Waals surface area contributed by atoms with Crippen molar-refractivity contribution in [1.82, 2.24) is 5.32 Å². The van der Waals surface area contributed by atoms with Crippen molar-refractivity contribution in [2.75, 3.05) is 0 Å². The summed E-state index contributed by atoms with van der Waals surface area (Å²) in [5, 5.41) is 11.1. The molecular formula is C20H21NO4. The van der Waals surface area contributed by atoms with Crippen LogP contribution in [0.25, 0.3) is 6.08 Å². The molecule has 2 aromatic carbocycles. The number of rotatable bonds is 7. The summed E-state index contributed by atoms with van der Waals surface area (Å²) in [5.41, 5.74) is 3.13. The number of hydrogen-bond donors (Lipinski definition) is 2.